The summed E-state index contributed by atoms with van der Waals surface area (Å²) in [4.78, 5) is 28.4. The quantitative estimate of drug-likeness (QED) is 0.210. The van der Waals surface area contributed by atoms with Crippen molar-refractivity contribution in [2.75, 3.05) is 20.7 Å². The third kappa shape index (κ3) is 5.31. The van der Waals surface area contributed by atoms with Crippen LogP contribution in [0.5, 0.6) is 0 Å². The summed E-state index contributed by atoms with van der Waals surface area (Å²) >= 11 is 0. The molecule has 0 aliphatic carbocycles. The molecule has 0 bridgehead atoms. The third-order valence-corrected chi connectivity index (χ3v) is 3.55. The van der Waals surface area contributed by atoms with Gasteiger partial charge in [0.25, 0.3) is 0 Å². The average Bonchev–Trinajstić information content (AvgIpc) is 2.53. The first-order valence-corrected chi connectivity index (χ1v) is 7.45. The average molecular weight is 360 g/mol. The van der Waals surface area contributed by atoms with E-state index in [1.54, 1.807) is 14.1 Å². The Kier molecular flexibility index (Phi) is 7.15. The minimum absolute atomic E-state index is 0.0548. The zero-order chi connectivity index (χ0) is 19.3. The number of aliphatic hydroxyl groups is 3. The lowest BCUT2D eigenvalue weighted by atomic mass is 9.92. The van der Waals surface area contributed by atoms with Gasteiger partial charge in [-0.25, -0.2) is 9.79 Å². The van der Waals surface area contributed by atoms with E-state index in [1.807, 2.05) is 0 Å². The maximum absolute atomic E-state index is 11.5. The van der Waals surface area contributed by atoms with Gasteiger partial charge in [0.15, 0.2) is 5.96 Å². The van der Waals surface area contributed by atoms with Gasteiger partial charge in [0.1, 0.15) is 18.3 Å². The zero-order valence-electron chi connectivity index (χ0n) is 14.2. The lowest BCUT2D eigenvalue weighted by molar-refractivity contribution is -0.145. The van der Waals surface area contributed by atoms with Gasteiger partial charge in [-0.1, -0.05) is 0 Å². The second-order valence-electron chi connectivity index (χ2n) is 5.76. The van der Waals surface area contributed by atoms with Crippen molar-refractivity contribution in [2.24, 2.45) is 10.7 Å². The molecule has 0 saturated carbocycles. The van der Waals surface area contributed by atoms with Crippen LogP contribution in [0.3, 0.4) is 0 Å². The van der Waals surface area contributed by atoms with E-state index < -0.39 is 54.6 Å². The molecule has 25 heavy (non-hydrogen) atoms. The molecule has 1 aliphatic rings. The first-order valence-electron chi connectivity index (χ1n) is 7.45. The lowest BCUT2D eigenvalue weighted by Gasteiger charge is -2.38. The Hall–Kier alpha value is -2.37. The minimum atomic E-state index is -1.68. The second-order valence-corrected chi connectivity index (χ2v) is 5.76. The molecule has 11 nitrogen and oxygen atoms in total. The fourth-order valence-electron chi connectivity index (χ4n) is 2.23. The van der Waals surface area contributed by atoms with Crippen LogP contribution in [0.25, 0.3) is 0 Å². The topological polar surface area (TPSA) is 178 Å². The van der Waals surface area contributed by atoms with E-state index in [0.29, 0.717) is 0 Å². The number of ether oxygens (including phenoxy) is 1. The van der Waals surface area contributed by atoms with Crippen molar-refractivity contribution in [1.82, 2.24) is 10.2 Å². The highest BCUT2D eigenvalue weighted by Gasteiger charge is 2.43. The Balaban J connectivity index is 3.35. The van der Waals surface area contributed by atoms with E-state index in [-0.39, 0.29) is 5.96 Å². The summed E-state index contributed by atoms with van der Waals surface area (Å²) in [6.07, 6.45) is -3.51. The van der Waals surface area contributed by atoms with Crippen molar-refractivity contribution in [3.8, 4) is 0 Å². The summed E-state index contributed by atoms with van der Waals surface area (Å²) in [7, 11) is 3.24. The van der Waals surface area contributed by atoms with Crippen LogP contribution in [0.2, 0.25) is 0 Å². The molecule has 0 aromatic rings. The van der Waals surface area contributed by atoms with Gasteiger partial charge in [-0.15, -0.1) is 0 Å². The number of guanidine groups is 1. The van der Waals surface area contributed by atoms with Crippen LogP contribution >= 0.6 is 0 Å². The molecule has 0 spiro atoms. The number of hydrogen-bond acceptors (Lipinski definition) is 7. The van der Waals surface area contributed by atoms with E-state index in [4.69, 9.17) is 15.6 Å². The predicted octanol–water partition coefficient (Wildman–Crippen LogP) is -3.18. The highest BCUT2D eigenvalue weighted by atomic mass is 16.5. The number of carboxylic acids is 1. The largest absolute Gasteiger partial charge is 0.478 e. The molecular formula is C14H24N4O7. The number of carbonyl (C=O) groups excluding carboxylic acids is 1. The number of hydrogen-bond donors (Lipinski definition) is 6. The van der Waals surface area contributed by atoms with Gasteiger partial charge in [-0.2, -0.15) is 0 Å². The number of nitrogens with one attached hydrogen (secondary N) is 1. The van der Waals surface area contributed by atoms with Crippen molar-refractivity contribution >= 4 is 17.8 Å². The summed E-state index contributed by atoms with van der Waals surface area (Å²) in [6, 6.07) is -1.99. The van der Waals surface area contributed by atoms with Crippen LogP contribution in [0, 0.1) is 0 Å². The molecular weight excluding hydrogens is 336 g/mol. The van der Waals surface area contributed by atoms with E-state index in [2.05, 4.69) is 10.3 Å². The molecule has 0 fully saturated rings. The molecule has 5 atom stereocenters. The summed E-state index contributed by atoms with van der Waals surface area (Å²) in [5, 5.41) is 40.6. The van der Waals surface area contributed by atoms with E-state index >= 15 is 0 Å². The monoisotopic (exact) mass is 360 g/mol. The Morgan fingerprint density at radius 1 is 1.44 bits per heavy atom. The number of aliphatic hydroxyl groups excluding tert-OH is 3. The Morgan fingerprint density at radius 3 is 2.48 bits per heavy atom. The summed E-state index contributed by atoms with van der Waals surface area (Å²) in [5.74, 6) is -2.36. The predicted molar refractivity (Wildman–Crippen MR) is 86.4 cm³/mol. The standard InChI is InChI=1S/C14H24N4O7/c1-6(20)16-10-7(17-14(15)18(2)3)4-9(13(23)24)25-12(10)11(22)8(21)5-19/h4,7-8,10-12,19,21-22H,5H2,1-3H3,(H2,15,17)(H,16,20)(H,23,24)/t7-,8+,10+,11+,12+/m0/s1. The van der Waals surface area contributed by atoms with Crippen LogP contribution in [0.4, 0.5) is 0 Å². The van der Waals surface area contributed by atoms with Gasteiger partial charge >= 0.3 is 5.97 Å². The fourth-order valence-corrected chi connectivity index (χ4v) is 2.23. The van der Waals surface area contributed by atoms with Gasteiger partial charge < -0.3 is 41.1 Å². The number of aliphatic carboxylic acids is 1. The molecule has 11 heteroatoms. The Morgan fingerprint density at radius 2 is 2.04 bits per heavy atom. The number of carbonyl (C=O) groups is 2. The molecule has 1 amide bonds. The summed E-state index contributed by atoms with van der Waals surface area (Å²) in [6.45, 7) is 0.437. The Bertz CT molecular complexity index is 563. The highest BCUT2D eigenvalue weighted by Crippen LogP contribution is 2.25. The molecule has 1 heterocycles. The Labute approximate surface area is 144 Å². The summed E-state index contributed by atoms with van der Waals surface area (Å²) in [5.41, 5.74) is 5.76. The lowest BCUT2D eigenvalue weighted by Crippen LogP contribution is -2.59. The van der Waals surface area contributed by atoms with E-state index in [1.165, 1.54) is 11.8 Å². The van der Waals surface area contributed by atoms with E-state index in [0.717, 1.165) is 6.08 Å². The number of aliphatic imine (C=N–C) groups is 1. The third-order valence-electron chi connectivity index (χ3n) is 3.55. The SMILES string of the molecule is CC(=O)N[C@H]1[C@H]([C@H](O)[C@H](O)CO)OC(C(=O)O)=C[C@@H]1N=C(N)N(C)C. The van der Waals surface area contributed by atoms with Crippen LogP contribution in [-0.4, -0.2) is 94.3 Å². The van der Waals surface area contributed by atoms with Crippen molar-refractivity contribution in [2.45, 2.75) is 37.3 Å². The molecule has 0 aromatic heterocycles. The van der Waals surface area contributed by atoms with Gasteiger partial charge in [0.2, 0.25) is 11.7 Å². The van der Waals surface area contributed by atoms with Crippen molar-refractivity contribution in [1.29, 1.82) is 0 Å². The zero-order valence-corrected chi connectivity index (χ0v) is 14.2. The normalized spacial score (nSPS) is 26.1. The van der Waals surface area contributed by atoms with Crippen molar-refractivity contribution in [3.05, 3.63) is 11.8 Å². The molecule has 7 N–H and O–H groups in total. The van der Waals surface area contributed by atoms with Crippen LogP contribution in [-0.2, 0) is 14.3 Å². The smallest absolute Gasteiger partial charge is 0.370 e. The van der Waals surface area contributed by atoms with Crippen LogP contribution in [0.15, 0.2) is 16.8 Å². The summed E-state index contributed by atoms with van der Waals surface area (Å²) < 4.78 is 5.22. The molecule has 0 radical (unpaired) electrons. The first-order chi connectivity index (χ1) is 11.6. The first kappa shape index (κ1) is 20.7. The number of carboxylic acid groups (broad SMARTS) is 1. The second kappa shape index (κ2) is 8.65. The fraction of sp³-hybridized carbons (Fsp3) is 0.643. The molecule has 0 saturated heterocycles. The molecule has 0 unspecified atom stereocenters. The number of amides is 1. The highest BCUT2D eigenvalue weighted by molar-refractivity contribution is 5.85. The number of nitrogens with two attached hydrogens (primary N) is 1. The molecule has 142 valence electrons. The van der Waals surface area contributed by atoms with Gasteiger partial charge in [-0.3, -0.25) is 4.79 Å². The van der Waals surface area contributed by atoms with Crippen LogP contribution in [0.1, 0.15) is 6.92 Å². The number of rotatable bonds is 6. The maximum Gasteiger partial charge on any atom is 0.370 e. The molecule has 0 aromatic carbocycles. The van der Waals surface area contributed by atoms with Gasteiger partial charge in [0.05, 0.1) is 18.7 Å². The van der Waals surface area contributed by atoms with Crippen molar-refractivity contribution < 1.29 is 34.8 Å². The van der Waals surface area contributed by atoms with Crippen LogP contribution < -0.4 is 11.1 Å². The van der Waals surface area contributed by atoms with E-state index in [9.17, 15) is 24.9 Å². The number of nitrogens with zero attached hydrogens (tertiary/aromatic N) is 2. The molecule has 1 rings (SSSR count). The maximum atomic E-state index is 11.5. The van der Waals surface area contributed by atoms with Gasteiger partial charge in [-0.05, 0) is 6.08 Å². The minimum Gasteiger partial charge on any atom is -0.478 e. The van der Waals surface area contributed by atoms with Crippen molar-refractivity contribution in [3.63, 3.8) is 0 Å². The van der Waals surface area contributed by atoms with Gasteiger partial charge in [0, 0.05) is 21.0 Å². The molecule has 1 aliphatic heterocycles.